The zero-order chi connectivity index (χ0) is 21.0. The van der Waals surface area contributed by atoms with Crippen LogP contribution in [0.15, 0.2) is 29.8 Å². The Kier molecular flexibility index (Phi) is 6.50. The van der Waals surface area contributed by atoms with Gasteiger partial charge in [0.1, 0.15) is 16.6 Å². The standard InChI is InChI=1S/C23H24N2O3S/c1-14(2)16-10-8-15(9-11-16)12-17(13-24)21(26)25-22-20(23(27)28-3)18-6-4-5-7-19(18)29-22/h8-12,14H,4-7H2,1-3H3,(H,25,26)/b17-12+. The van der Waals surface area contributed by atoms with Gasteiger partial charge in [-0.2, -0.15) is 5.26 Å². The van der Waals surface area contributed by atoms with Gasteiger partial charge in [0.05, 0.1) is 12.7 Å². The van der Waals surface area contributed by atoms with Gasteiger partial charge in [0.15, 0.2) is 0 Å². The van der Waals surface area contributed by atoms with Crippen molar-refractivity contribution >= 4 is 34.3 Å². The lowest BCUT2D eigenvalue weighted by Gasteiger charge is -2.11. The highest BCUT2D eigenvalue weighted by atomic mass is 32.1. The van der Waals surface area contributed by atoms with Crippen LogP contribution in [0, 0.1) is 11.3 Å². The molecular formula is C23H24N2O3S. The van der Waals surface area contributed by atoms with Gasteiger partial charge in [0.2, 0.25) is 0 Å². The van der Waals surface area contributed by atoms with Gasteiger partial charge >= 0.3 is 5.97 Å². The van der Waals surface area contributed by atoms with Gasteiger partial charge < -0.3 is 10.1 Å². The number of rotatable bonds is 5. The van der Waals surface area contributed by atoms with Gasteiger partial charge in [-0.3, -0.25) is 4.79 Å². The largest absolute Gasteiger partial charge is 0.465 e. The third-order valence-corrected chi connectivity index (χ3v) is 6.27. The fourth-order valence-electron chi connectivity index (χ4n) is 3.43. The topological polar surface area (TPSA) is 79.2 Å². The molecule has 0 aliphatic heterocycles. The van der Waals surface area contributed by atoms with Crippen LogP contribution in [0.25, 0.3) is 6.08 Å². The molecule has 29 heavy (non-hydrogen) atoms. The molecule has 1 heterocycles. The Hall–Kier alpha value is -2.91. The summed E-state index contributed by atoms with van der Waals surface area (Å²) in [7, 11) is 1.34. The van der Waals surface area contributed by atoms with Crippen molar-refractivity contribution in [1.29, 1.82) is 5.26 Å². The van der Waals surface area contributed by atoms with E-state index < -0.39 is 11.9 Å². The Morgan fingerprint density at radius 2 is 1.90 bits per heavy atom. The number of nitrogens with one attached hydrogen (secondary N) is 1. The van der Waals surface area contributed by atoms with Crippen LogP contribution in [0.2, 0.25) is 0 Å². The molecule has 0 fully saturated rings. The van der Waals surface area contributed by atoms with Crippen LogP contribution in [0.4, 0.5) is 5.00 Å². The van der Waals surface area contributed by atoms with Crippen molar-refractivity contribution in [3.63, 3.8) is 0 Å². The van der Waals surface area contributed by atoms with Crippen LogP contribution in [0.1, 0.15) is 64.5 Å². The molecule has 150 valence electrons. The maximum Gasteiger partial charge on any atom is 0.341 e. The van der Waals surface area contributed by atoms with E-state index in [1.165, 1.54) is 24.0 Å². The van der Waals surface area contributed by atoms with Gasteiger partial charge in [-0.1, -0.05) is 38.1 Å². The molecule has 0 saturated carbocycles. The molecule has 1 aliphatic carbocycles. The minimum absolute atomic E-state index is 0.00974. The SMILES string of the molecule is COC(=O)c1c(NC(=O)/C(C#N)=C/c2ccc(C(C)C)cc2)sc2c1CCCC2. The average Bonchev–Trinajstić information content (AvgIpc) is 3.09. The van der Waals surface area contributed by atoms with E-state index in [9.17, 15) is 14.9 Å². The highest BCUT2D eigenvalue weighted by Crippen LogP contribution is 2.38. The predicted octanol–water partition coefficient (Wildman–Crippen LogP) is 5.08. The first-order valence-corrected chi connectivity index (χ1v) is 10.5. The highest BCUT2D eigenvalue weighted by Gasteiger charge is 2.27. The van der Waals surface area contributed by atoms with Crippen LogP contribution >= 0.6 is 11.3 Å². The lowest BCUT2D eigenvalue weighted by atomic mass is 9.95. The van der Waals surface area contributed by atoms with Crippen LogP contribution in [0.3, 0.4) is 0 Å². The molecule has 6 heteroatoms. The van der Waals surface area contributed by atoms with Crippen LogP contribution < -0.4 is 5.32 Å². The lowest BCUT2D eigenvalue weighted by Crippen LogP contribution is -2.16. The number of amides is 1. The Bertz CT molecular complexity index is 994. The molecule has 2 aromatic rings. The Balaban J connectivity index is 1.87. The summed E-state index contributed by atoms with van der Waals surface area (Å²) in [5.74, 6) is -0.566. The summed E-state index contributed by atoms with van der Waals surface area (Å²) in [6.07, 6.45) is 5.33. The third kappa shape index (κ3) is 4.57. The van der Waals surface area contributed by atoms with Gasteiger partial charge in [-0.15, -0.1) is 11.3 Å². The van der Waals surface area contributed by atoms with Crippen molar-refractivity contribution in [3.8, 4) is 6.07 Å². The Labute approximate surface area is 175 Å². The summed E-state index contributed by atoms with van der Waals surface area (Å²) >= 11 is 1.40. The number of hydrogen-bond donors (Lipinski definition) is 1. The van der Waals surface area contributed by atoms with E-state index in [-0.39, 0.29) is 5.57 Å². The minimum atomic E-state index is -0.524. The first-order valence-electron chi connectivity index (χ1n) is 9.70. The second-order valence-corrected chi connectivity index (χ2v) is 8.46. The summed E-state index contributed by atoms with van der Waals surface area (Å²) in [5, 5.41) is 12.7. The summed E-state index contributed by atoms with van der Waals surface area (Å²) in [4.78, 5) is 26.2. The molecule has 1 aliphatic rings. The monoisotopic (exact) mass is 408 g/mol. The molecule has 0 radical (unpaired) electrons. The van der Waals surface area contributed by atoms with E-state index in [0.29, 0.717) is 16.5 Å². The van der Waals surface area contributed by atoms with E-state index >= 15 is 0 Å². The quantitative estimate of drug-likeness (QED) is 0.425. The zero-order valence-electron chi connectivity index (χ0n) is 16.9. The number of thiophene rings is 1. The van der Waals surface area contributed by atoms with Crippen molar-refractivity contribution in [3.05, 3.63) is 57.0 Å². The summed E-state index contributed by atoms with van der Waals surface area (Å²) in [6.45, 7) is 4.22. The number of carbonyl (C=O) groups excluding carboxylic acids is 2. The van der Waals surface area contributed by atoms with Gasteiger partial charge in [0, 0.05) is 4.88 Å². The fraction of sp³-hybridized carbons (Fsp3) is 0.348. The molecule has 0 saturated heterocycles. The Morgan fingerprint density at radius 1 is 1.21 bits per heavy atom. The molecule has 1 amide bonds. The summed E-state index contributed by atoms with van der Waals surface area (Å²) in [5.41, 5.74) is 3.36. The number of nitriles is 1. The number of aryl methyl sites for hydroxylation is 1. The molecule has 5 nitrogen and oxygen atoms in total. The van der Waals surface area contributed by atoms with E-state index in [2.05, 4.69) is 19.2 Å². The number of methoxy groups -OCH3 is 1. The van der Waals surface area contributed by atoms with Crippen molar-refractivity contribution < 1.29 is 14.3 Å². The second kappa shape index (κ2) is 9.06. The molecule has 3 rings (SSSR count). The molecule has 0 atom stereocenters. The molecule has 0 bridgehead atoms. The number of esters is 1. The number of carbonyl (C=O) groups is 2. The van der Waals surface area contributed by atoms with Crippen molar-refractivity contribution in [1.82, 2.24) is 0 Å². The maximum absolute atomic E-state index is 12.8. The number of nitrogens with zero attached hydrogens (tertiary/aromatic N) is 1. The van der Waals surface area contributed by atoms with E-state index in [0.717, 1.165) is 41.7 Å². The number of anilines is 1. The smallest absolute Gasteiger partial charge is 0.341 e. The first-order chi connectivity index (χ1) is 13.9. The summed E-state index contributed by atoms with van der Waals surface area (Å²) in [6, 6.07) is 9.74. The maximum atomic E-state index is 12.8. The van der Waals surface area contributed by atoms with Crippen LogP contribution in [0.5, 0.6) is 0 Å². The zero-order valence-corrected chi connectivity index (χ0v) is 17.7. The molecule has 0 spiro atoms. The Morgan fingerprint density at radius 3 is 2.52 bits per heavy atom. The van der Waals surface area contributed by atoms with E-state index in [1.54, 1.807) is 6.08 Å². The molecule has 1 N–H and O–H groups in total. The van der Waals surface area contributed by atoms with Gasteiger partial charge in [0.25, 0.3) is 5.91 Å². The minimum Gasteiger partial charge on any atom is -0.465 e. The lowest BCUT2D eigenvalue weighted by molar-refractivity contribution is -0.112. The van der Waals surface area contributed by atoms with Gasteiger partial charge in [-0.25, -0.2) is 4.79 Å². The average molecular weight is 409 g/mol. The third-order valence-electron chi connectivity index (χ3n) is 5.07. The summed E-state index contributed by atoms with van der Waals surface area (Å²) < 4.78 is 4.93. The number of hydrogen-bond acceptors (Lipinski definition) is 5. The van der Waals surface area contributed by atoms with Crippen LogP contribution in [-0.2, 0) is 22.4 Å². The van der Waals surface area contributed by atoms with Crippen molar-refractivity contribution in [2.75, 3.05) is 12.4 Å². The normalized spacial score (nSPS) is 13.6. The van der Waals surface area contributed by atoms with Crippen molar-refractivity contribution in [2.45, 2.75) is 45.4 Å². The predicted molar refractivity (Wildman–Crippen MR) is 115 cm³/mol. The van der Waals surface area contributed by atoms with Crippen LogP contribution in [-0.4, -0.2) is 19.0 Å². The van der Waals surface area contributed by atoms with E-state index in [4.69, 9.17) is 4.74 Å². The molecular weight excluding hydrogens is 384 g/mol. The molecule has 0 unspecified atom stereocenters. The fourth-order valence-corrected chi connectivity index (χ4v) is 4.71. The molecule has 1 aromatic carbocycles. The van der Waals surface area contributed by atoms with Gasteiger partial charge in [-0.05, 0) is 54.4 Å². The first kappa shape index (κ1) is 20.8. The number of ether oxygens (including phenoxy) is 1. The number of benzene rings is 1. The molecule has 1 aromatic heterocycles. The van der Waals surface area contributed by atoms with Crippen molar-refractivity contribution in [2.24, 2.45) is 0 Å². The highest BCUT2D eigenvalue weighted by molar-refractivity contribution is 7.17. The number of fused-ring (bicyclic) bond motifs is 1. The second-order valence-electron chi connectivity index (χ2n) is 7.35. The van der Waals surface area contributed by atoms with E-state index in [1.807, 2.05) is 30.3 Å².